The largest absolute Gasteiger partial charge is 0.497 e. The van der Waals surface area contributed by atoms with E-state index in [1.165, 1.54) is 12.1 Å². The molecule has 34 heavy (non-hydrogen) atoms. The topological polar surface area (TPSA) is 108 Å². The van der Waals surface area contributed by atoms with E-state index in [0.717, 1.165) is 31.4 Å². The summed E-state index contributed by atoms with van der Waals surface area (Å²) in [7, 11) is 1.60. The fourth-order valence-electron chi connectivity index (χ4n) is 4.49. The lowest BCUT2D eigenvalue weighted by atomic mass is 9.85. The third-order valence-corrected chi connectivity index (χ3v) is 6.35. The second-order valence-corrected chi connectivity index (χ2v) is 8.49. The minimum Gasteiger partial charge on any atom is -0.497 e. The molecular formula is C25H25FN6O2. The van der Waals surface area contributed by atoms with Gasteiger partial charge in [0.1, 0.15) is 17.1 Å². The quantitative estimate of drug-likeness (QED) is 0.451. The number of fused-ring (bicyclic) bond motifs is 1. The van der Waals surface area contributed by atoms with E-state index >= 15 is 0 Å². The smallest absolute Gasteiger partial charge is 0.227 e. The second kappa shape index (κ2) is 9.09. The number of ether oxygens (including phenoxy) is 1. The average molecular weight is 461 g/mol. The van der Waals surface area contributed by atoms with Crippen LogP contribution in [0.25, 0.3) is 22.6 Å². The van der Waals surface area contributed by atoms with Gasteiger partial charge in [-0.25, -0.2) is 19.3 Å². The van der Waals surface area contributed by atoms with E-state index in [-0.39, 0.29) is 29.5 Å². The Morgan fingerprint density at radius 3 is 2.62 bits per heavy atom. The summed E-state index contributed by atoms with van der Waals surface area (Å²) in [4.78, 5) is 26.3. The number of hydrogen-bond donors (Lipinski definition) is 2. The summed E-state index contributed by atoms with van der Waals surface area (Å²) in [5.41, 5.74) is 8.76. The zero-order valence-electron chi connectivity index (χ0n) is 18.7. The van der Waals surface area contributed by atoms with Gasteiger partial charge in [0, 0.05) is 29.3 Å². The molecule has 1 amide bonds. The van der Waals surface area contributed by atoms with Gasteiger partial charge in [-0.1, -0.05) is 6.07 Å². The summed E-state index contributed by atoms with van der Waals surface area (Å²) >= 11 is 0. The fourth-order valence-corrected chi connectivity index (χ4v) is 4.49. The first kappa shape index (κ1) is 21.8. The van der Waals surface area contributed by atoms with Gasteiger partial charge in [0.25, 0.3) is 0 Å². The van der Waals surface area contributed by atoms with E-state index in [1.807, 2.05) is 28.8 Å². The van der Waals surface area contributed by atoms with Crippen molar-refractivity contribution in [3.05, 3.63) is 60.7 Å². The van der Waals surface area contributed by atoms with E-state index < -0.39 is 0 Å². The second-order valence-electron chi connectivity index (χ2n) is 8.49. The minimum absolute atomic E-state index is 0.0207. The number of carbonyl (C=O) groups excluding carboxylic acids is 1. The van der Waals surface area contributed by atoms with E-state index in [4.69, 9.17) is 15.5 Å². The Hall–Kier alpha value is -4.01. The van der Waals surface area contributed by atoms with Crippen molar-refractivity contribution in [2.75, 3.05) is 18.2 Å². The van der Waals surface area contributed by atoms with Crippen molar-refractivity contribution in [1.82, 2.24) is 19.5 Å². The fraction of sp³-hybridized carbons (Fsp3) is 0.280. The van der Waals surface area contributed by atoms with Crippen LogP contribution in [0, 0.1) is 11.7 Å². The molecule has 8 nitrogen and oxygen atoms in total. The zero-order valence-corrected chi connectivity index (χ0v) is 18.7. The molecule has 1 fully saturated rings. The van der Waals surface area contributed by atoms with Gasteiger partial charge in [-0.2, -0.15) is 0 Å². The Labute approximate surface area is 196 Å². The van der Waals surface area contributed by atoms with Crippen LogP contribution in [-0.4, -0.2) is 32.5 Å². The minimum atomic E-state index is -0.324. The van der Waals surface area contributed by atoms with Crippen molar-refractivity contribution in [3.8, 4) is 17.1 Å². The van der Waals surface area contributed by atoms with E-state index in [0.29, 0.717) is 28.3 Å². The number of carbonyl (C=O) groups is 1. The maximum Gasteiger partial charge on any atom is 0.227 e. The number of nitrogens with one attached hydrogen (secondary N) is 1. The summed E-state index contributed by atoms with van der Waals surface area (Å²) in [5.74, 6) is 1.05. The first-order valence-electron chi connectivity index (χ1n) is 11.2. The van der Waals surface area contributed by atoms with Crippen LogP contribution in [0.4, 0.5) is 15.9 Å². The van der Waals surface area contributed by atoms with Crippen molar-refractivity contribution < 1.29 is 13.9 Å². The highest BCUT2D eigenvalue weighted by Crippen LogP contribution is 2.35. The Bertz CT molecular complexity index is 1330. The van der Waals surface area contributed by atoms with Gasteiger partial charge in [-0.05, 0) is 62.1 Å². The molecule has 1 aliphatic rings. The summed E-state index contributed by atoms with van der Waals surface area (Å²) < 4.78 is 20.6. The molecule has 2 aromatic heterocycles. The Balaban J connectivity index is 1.31. The summed E-state index contributed by atoms with van der Waals surface area (Å²) in [5, 5.41) is 3.00. The molecule has 3 N–H and O–H groups in total. The summed E-state index contributed by atoms with van der Waals surface area (Å²) in [6, 6.07) is 13.5. The number of hydrogen-bond acceptors (Lipinski definition) is 6. The van der Waals surface area contributed by atoms with Crippen molar-refractivity contribution >= 4 is 28.6 Å². The Kier molecular flexibility index (Phi) is 5.83. The van der Waals surface area contributed by atoms with Crippen LogP contribution in [0.15, 0.2) is 54.9 Å². The highest BCUT2D eigenvalue weighted by Gasteiger charge is 2.28. The third kappa shape index (κ3) is 4.28. The highest BCUT2D eigenvalue weighted by atomic mass is 19.1. The number of imidazole rings is 1. The van der Waals surface area contributed by atoms with Gasteiger partial charge in [0.2, 0.25) is 5.91 Å². The average Bonchev–Trinajstić information content (AvgIpc) is 3.29. The van der Waals surface area contributed by atoms with Gasteiger partial charge < -0.3 is 20.4 Å². The van der Waals surface area contributed by atoms with Crippen molar-refractivity contribution in [2.24, 2.45) is 5.92 Å². The molecule has 0 saturated heterocycles. The predicted molar refractivity (Wildman–Crippen MR) is 128 cm³/mol. The molecule has 9 heteroatoms. The number of nitrogen functional groups attached to an aromatic ring is 1. The number of methoxy groups -OCH3 is 1. The normalized spacial score (nSPS) is 18.1. The van der Waals surface area contributed by atoms with E-state index in [9.17, 15) is 9.18 Å². The molecule has 5 rings (SSSR count). The van der Waals surface area contributed by atoms with Gasteiger partial charge in [-0.15, -0.1) is 0 Å². The lowest BCUT2D eigenvalue weighted by Gasteiger charge is -2.28. The molecule has 0 radical (unpaired) electrons. The predicted octanol–water partition coefficient (Wildman–Crippen LogP) is 4.59. The van der Waals surface area contributed by atoms with Crippen LogP contribution >= 0.6 is 0 Å². The molecular weight excluding hydrogens is 435 g/mol. The van der Waals surface area contributed by atoms with Crippen LogP contribution in [-0.2, 0) is 4.79 Å². The van der Waals surface area contributed by atoms with Crippen LogP contribution in [0.1, 0.15) is 31.7 Å². The molecule has 174 valence electrons. The van der Waals surface area contributed by atoms with Gasteiger partial charge >= 0.3 is 0 Å². The number of halogens is 1. The molecule has 1 aliphatic carbocycles. The molecule has 0 spiro atoms. The number of amides is 1. The number of rotatable bonds is 5. The SMILES string of the molecule is COc1cccc(NC(=O)C2CCC(n3cnc4c(N)nc(-c5ccc(F)cc5)nc43)CC2)c1. The molecule has 0 aliphatic heterocycles. The number of nitrogens with two attached hydrogens (primary N) is 1. The lowest BCUT2D eigenvalue weighted by molar-refractivity contribution is -0.120. The van der Waals surface area contributed by atoms with Gasteiger partial charge in [0.05, 0.1) is 13.4 Å². The number of nitrogens with zero attached hydrogens (tertiary/aromatic N) is 4. The van der Waals surface area contributed by atoms with Crippen molar-refractivity contribution in [2.45, 2.75) is 31.7 Å². The molecule has 1 saturated carbocycles. The molecule has 2 aromatic carbocycles. The first-order chi connectivity index (χ1) is 16.5. The van der Waals surface area contributed by atoms with Gasteiger partial charge in [0.15, 0.2) is 17.3 Å². The lowest BCUT2D eigenvalue weighted by Crippen LogP contribution is -2.28. The Morgan fingerprint density at radius 2 is 1.88 bits per heavy atom. The molecule has 2 heterocycles. The molecule has 0 atom stereocenters. The zero-order chi connectivity index (χ0) is 23.7. The summed E-state index contributed by atoms with van der Waals surface area (Å²) in [6.07, 6.45) is 4.89. The summed E-state index contributed by atoms with van der Waals surface area (Å²) in [6.45, 7) is 0. The standard InChI is InChI=1S/C25H25FN6O2/c1-34-20-4-2-3-18(13-20)29-25(33)16-7-11-19(12-8-16)32-14-28-21-22(27)30-23(31-24(21)32)15-5-9-17(26)10-6-15/h2-6,9-10,13-14,16,19H,7-8,11-12H2,1H3,(H,29,33)(H2,27,30,31). The van der Waals surface area contributed by atoms with Crippen molar-refractivity contribution in [3.63, 3.8) is 0 Å². The van der Waals surface area contributed by atoms with E-state index in [2.05, 4.69) is 15.3 Å². The van der Waals surface area contributed by atoms with Crippen LogP contribution in [0.5, 0.6) is 5.75 Å². The number of aromatic nitrogens is 4. The van der Waals surface area contributed by atoms with Crippen LogP contribution in [0.2, 0.25) is 0 Å². The molecule has 0 bridgehead atoms. The maximum atomic E-state index is 13.3. The van der Waals surface area contributed by atoms with Crippen LogP contribution < -0.4 is 15.8 Å². The number of benzene rings is 2. The monoisotopic (exact) mass is 460 g/mol. The molecule has 4 aromatic rings. The van der Waals surface area contributed by atoms with Gasteiger partial charge in [-0.3, -0.25) is 4.79 Å². The maximum absolute atomic E-state index is 13.3. The first-order valence-corrected chi connectivity index (χ1v) is 11.2. The van der Waals surface area contributed by atoms with Crippen LogP contribution in [0.3, 0.4) is 0 Å². The Morgan fingerprint density at radius 1 is 1.12 bits per heavy atom. The van der Waals surface area contributed by atoms with E-state index in [1.54, 1.807) is 25.6 Å². The molecule has 0 unspecified atom stereocenters. The van der Waals surface area contributed by atoms with Crippen molar-refractivity contribution in [1.29, 1.82) is 0 Å². The third-order valence-electron chi connectivity index (χ3n) is 6.35. The number of anilines is 2. The highest BCUT2D eigenvalue weighted by molar-refractivity contribution is 5.92.